The second-order valence-corrected chi connectivity index (χ2v) is 8.11. The third-order valence-electron chi connectivity index (χ3n) is 5.34. The zero-order chi connectivity index (χ0) is 15.0. The van der Waals surface area contributed by atoms with Crippen molar-refractivity contribution in [2.24, 2.45) is 0 Å². The Morgan fingerprint density at radius 1 is 1.18 bits per heavy atom. The molecule has 5 heteroatoms. The number of piperidine rings is 1. The molecule has 4 rings (SSSR count). The number of hydrogen-bond donors (Lipinski definition) is 2. The van der Waals surface area contributed by atoms with Gasteiger partial charge in [-0.05, 0) is 37.1 Å². The maximum absolute atomic E-state index is 10.4. The Morgan fingerprint density at radius 2 is 1.95 bits per heavy atom. The number of aliphatic hydroxyl groups is 1. The monoisotopic (exact) mass is 323 g/mol. The first kappa shape index (κ1) is 15.1. The van der Waals surface area contributed by atoms with Gasteiger partial charge in [-0.3, -0.25) is 5.32 Å². The van der Waals surface area contributed by atoms with Crippen LogP contribution in [0.2, 0.25) is 0 Å². The van der Waals surface area contributed by atoms with E-state index in [1.54, 1.807) is 11.3 Å². The summed E-state index contributed by atoms with van der Waals surface area (Å²) in [5.41, 5.74) is -0.241. The van der Waals surface area contributed by atoms with E-state index in [0.717, 1.165) is 19.3 Å². The molecule has 1 aromatic rings. The molecule has 1 aliphatic carbocycles. The third-order valence-corrected chi connectivity index (χ3v) is 6.33. The normalized spacial score (nSPS) is 34.0. The second kappa shape index (κ2) is 5.87. The molecule has 2 N–H and O–H groups in total. The highest BCUT2D eigenvalue weighted by Gasteiger charge is 2.48. The summed E-state index contributed by atoms with van der Waals surface area (Å²) in [5.74, 6) is -0.341. The fraction of sp³-hybridized carbons (Fsp3) is 0.765. The predicted molar refractivity (Wildman–Crippen MR) is 85.9 cm³/mol. The molecular weight excluding hydrogens is 298 g/mol. The van der Waals surface area contributed by atoms with Gasteiger partial charge in [-0.2, -0.15) is 0 Å². The van der Waals surface area contributed by atoms with Crippen molar-refractivity contribution in [2.45, 2.75) is 68.4 Å². The molecule has 0 bridgehead atoms. The molecule has 122 valence electrons. The van der Waals surface area contributed by atoms with E-state index < -0.39 is 0 Å². The Morgan fingerprint density at radius 3 is 2.64 bits per heavy atom. The molecule has 22 heavy (non-hydrogen) atoms. The Hall–Kier alpha value is -0.460. The Kier molecular flexibility index (Phi) is 4.03. The van der Waals surface area contributed by atoms with Gasteiger partial charge in [-0.1, -0.05) is 12.5 Å². The molecule has 0 radical (unpaired) electrons. The number of rotatable bonds is 1. The van der Waals surface area contributed by atoms with Gasteiger partial charge in [0.1, 0.15) is 0 Å². The zero-order valence-electron chi connectivity index (χ0n) is 12.9. The van der Waals surface area contributed by atoms with Gasteiger partial charge in [-0.25, -0.2) is 0 Å². The zero-order valence-corrected chi connectivity index (χ0v) is 13.7. The summed E-state index contributed by atoms with van der Waals surface area (Å²) in [6.07, 6.45) is 6.90. The average Bonchev–Trinajstić information content (AvgIpc) is 3.06. The minimum absolute atomic E-state index is 0.205. The van der Waals surface area contributed by atoms with E-state index in [4.69, 9.17) is 9.47 Å². The standard InChI is InChI=1S/C17H25NO3S/c19-13-9-14(15-5-4-8-22-15)18-16(10-13)11-20-17(21-12-16)6-2-1-3-7-17/h4-5,8,13-14,18-19H,1-3,6-7,9-12H2/t13-,14?/m0/s1. The molecule has 0 amide bonds. The maximum Gasteiger partial charge on any atom is 0.168 e. The number of hydrogen-bond acceptors (Lipinski definition) is 5. The Balaban J connectivity index is 1.47. The quantitative estimate of drug-likeness (QED) is 0.834. The molecule has 2 atom stereocenters. The van der Waals surface area contributed by atoms with Gasteiger partial charge in [0.2, 0.25) is 0 Å². The van der Waals surface area contributed by atoms with E-state index in [2.05, 4.69) is 22.8 Å². The van der Waals surface area contributed by atoms with Crippen LogP contribution in [0.25, 0.3) is 0 Å². The number of ether oxygens (including phenoxy) is 2. The molecule has 1 aromatic heterocycles. The van der Waals surface area contributed by atoms with Crippen LogP contribution in [0.15, 0.2) is 17.5 Å². The summed E-state index contributed by atoms with van der Waals surface area (Å²) in [6.45, 7) is 1.29. The van der Waals surface area contributed by atoms with Gasteiger partial charge < -0.3 is 14.6 Å². The summed E-state index contributed by atoms with van der Waals surface area (Å²) in [6, 6.07) is 4.41. The van der Waals surface area contributed by atoms with Crippen molar-refractivity contribution in [3.63, 3.8) is 0 Å². The predicted octanol–water partition coefficient (Wildman–Crippen LogP) is 2.98. The minimum Gasteiger partial charge on any atom is -0.393 e. The lowest BCUT2D eigenvalue weighted by Gasteiger charge is -2.51. The van der Waals surface area contributed by atoms with Gasteiger partial charge in [0.05, 0.1) is 24.9 Å². The van der Waals surface area contributed by atoms with Crippen molar-refractivity contribution in [3.05, 3.63) is 22.4 Å². The largest absolute Gasteiger partial charge is 0.393 e. The fourth-order valence-corrected chi connectivity index (χ4v) is 4.96. The van der Waals surface area contributed by atoms with Crippen LogP contribution in [0.3, 0.4) is 0 Å². The second-order valence-electron chi connectivity index (χ2n) is 7.14. The third kappa shape index (κ3) is 2.85. The minimum atomic E-state index is -0.341. The van der Waals surface area contributed by atoms with Crippen molar-refractivity contribution < 1.29 is 14.6 Å². The van der Waals surface area contributed by atoms with Crippen LogP contribution in [-0.4, -0.2) is 35.8 Å². The summed E-state index contributed by atoms with van der Waals surface area (Å²) in [7, 11) is 0. The Labute approximate surface area is 135 Å². The van der Waals surface area contributed by atoms with E-state index in [1.807, 2.05) is 0 Å². The van der Waals surface area contributed by atoms with Crippen LogP contribution in [0, 0.1) is 0 Å². The van der Waals surface area contributed by atoms with Crippen LogP contribution in [0.5, 0.6) is 0 Å². The lowest BCUT2D eigenvalue weighted by Crippen LogP contribution is -2.65. The molecule has 2 aliphatic heterocycles. The van der Waals surface area contributed by atoms with Crippen molar-refractivity contribution in [3.8, 4) is 0 Å². The molecule has 2 spiro atoms. The lowest BCUT2D eigenvalue weighted by molar-refractivity contribution is -0.308. The van der Waals surface area contributed by atoms with Crippen LogP contribution in [0.4, 0.5) is 0 Å². The molecule has 2 saturated heterocycles. The maximum atomic E-state index is 10.4. The summed E-state index contributed by atoms with van der Waals surface area (Å²) in [5, 5.41) is 16.2. The number of thiophene rings is 1. The molecule has 1 saturated carbocycles. The fourth-order valence-electron chi connectivity index (χ4n) is 4.17. The van der Waals surface area contributed by atoms with Crippen LogP contribution < -0.4 is 5.32 Å². The molecule has 1 unspecified atom stereocenters. The number of nitrogens with one attached hydrogen (secondary N) is 1. The molecule has 3 fully saturated rings. The van der Waals surface area contributed by atoms with E-state index in [0.29, 0.717) is 19.6 Å². The summed E-state index contributed by atoms with van der Waals surface area (Å²) < 4.78 is 12.4. The van der Waals surface area contributed by atoms with Crippen molar-refractivity contribution in [2.75, 3.05) is 13.2 Å². The highest BCUT2D eigenvalue weighted by Crippen LogP contribution is 2.41. The smallest absolute Gasteiger partial charge is 0.168 e. The highest BCUT2D eigenvalue weighted by atomic mass is 32.1. The van der Waals surface area contributed by atoms with E-state index >= 15 is 0 Å². The van der Waals surface area contributed by atoms with Crippen LogP contribution in [-0.2, 0) is 9.47 Å². The van der Waals surface area contributed by atoms with Gasteiger partial charge in [0.25, 0.3) is 0 Å². The van der Waals surface area contributed by atoms with Crippen LogP contribution in [0.1, 0.15) is 55.9 Å². The first-order valence-corrected chi connectivity index (χ1v) is 9.34. The van der Waals surface area contributed by atoms with Gasteiger partial charge in [0, 0.05) is 23.8 Å². The SMILES string of the molecule is O[C@H]1CC(c2cccs2)NC2(COC3(CCCCC3)OC2)C1. The van der Waals surface area contributed by atoms with E-state index in [1.165, 1.54) is 24.1 Å². The molecule has 3 heterocycles. The van der Waals surface area contributed by atoms with Gasteiger partial charge in [-0.15, -0.1) is 11.3 Å². The lowest BCUT2D eigenvalue weighted by atomic mass is 9.83. The summed E-state index contributed by atoms with van der Waals surface area (Å²) >= 11 is 1.75. The average molecular weight is 323 g/mol. The number of aliphatic hydroxyl groups excluding tert-OH is 1. The molecule has 0 aromatic carbocycles. The molecule has 4 nitrogen and oxygen atoms in total. The first-order chi connectivity index (χ1) is 10.7. The van der Waals surface area contributed by atoms with Crippen molar-refractivity contribution >= 4 is 11.3 Å². The topological polar surface area (TPSA) is 50.7 Å². The Bertz CT molecular complexity index is 488. The van der Waals surface area contributed by atoms with Gasteiger partial charge >= 0.3 is 0 Å². The van der Waals surface area contributed by atoms with Crippen LogP contribution >= 0.6 is 11.3 Å². The van der Waals surface area contributed by atoms with Crippen molar-refractivity contribution in [1.82, 2.24) is 5.32 Å². The van der Waals surface area contributed by atoms with E-state index in [9.17, 15) is 5.11 Å². The molecular formula is C17H25NO3S. The van der Waals surface area contributed by atoms with E-state index in [-0.39, 0.29) is 23.5 Å². The summed E-state index contributed by atoms with van der Waals surface area (Å²) in [4.78, 5) is 1.29. The van der Waals surface area contributed by atoms with Gasteiger partial charge in [0.15, 0.2) is 5.79 Å². The first-order valence-electron chi connectivity index (χ1n) is 8.46. The molecule has 3 aliphatic rings. The van der Waals surface area contributed by atoms with Crippen molar-refractivity contribution in [1.29, 1.82) is 0 Å². The highest BCUT2D eigenvalue weighted by molar-refractivity contribution is 7.10.